The van der Waals surface area contributed by atoms with Gasteiger partial charge in [0, 0.05) is 16.3 Å². The summed E-state index contributed by atoms with van der Waals surface area (Å²) in [4.78, 5) is 16.3. The van der Waals surface area contributed by atoms with E-state index >= 15 is 0 Å². The van der Waals surface area contributed by atoms with Crippen molar-refractivity contribution in [3.05, 3.63) is 83.3 Å². The van der Waals surface area contributed by atoms with Crippen molar-refractivity contribution in [2.24, 2.45) is 0 Å². The van der Waals surface area contributed by atoms with E-state index in [2.05, 4.69) is 15.6 Å². The zero-order valence-electron chi connectivity index (χ0n) is 12.5. The normalized spacial score (nSPS) is 10.2. The Kier molecular flexibility index (Phi) is 4.72. The fourth-order valence-corrected chi connectivity index (χ4v) is 2.25. The Labute approximate surface area is 143 Å². The number of nitrogens with zero attached hydrogens (tertiary/aromatic N) is 1. The summed E-state index contributed by atoms with van der Waals surface area (Å²) in [7, 11) is 0. The summed E-state index contributed by atoms with van der Waals surface area (Å²) >= 11 is 5.87. The molecule has 120 valence electrons. The second-order valence-electron chi connectivity index (χ2n) is 5.03. The van der Waals surface area contributed by atoms with Gasteiger partial charge < -0.3 is 10.6 Å². The van der Waals surface area contributed by atoms with Crippen molar-refractivity contribution in [1.29, 1.82) is 0 Å². The maximum absolute atomic E-state index is 12.9. The van der Waals surface area contributed by atoms with Crippen molar-refractivity contribution in [2.75, 3.05) is 10.6 Å². The van der Waals surface area contributed by atoms with E-state index in [1.165, 1.54) is 12.1 Å². The molecule has 0 aliphatic heterocycles. The number of aromatic nitrogens is 1. The molecule has 0 aliphatic rings. The van der Waals surface area contributed by atoms with Gasteiger partial charge in [-0.2, -0.15) is 0 Å². The van der Waals surface area contributed by atoms with Crippen LogP contribution in [0.15, 0.2) is 66.9 Å². The molecule has 3 aromatic rings. The number of pyridine rings is 1. The van der Waals surface area contributed by atoms with Gasteiger partial charge in [-0.25, -0.2) is 9.37 Å². The van der Waals surface area contributed by atoms with Gasteiger partial charge in [0.2, 0.25) is 0 Å². The summed E-state index contributed by atoms with van der Waals surface area (Å²) in [6, 6.07) is 16.1. The summed E-state index contributed by atoms with van der Waals surface area (Å²) in [6.07, 6.45) is 1.58. The van der Waals surface area contributed by atoms with E-state index in [1.807, 2.05) is 0 Å². The standard InChI is InChI=1S/C18H13ClFN3O/c19-13-3-1-2-12(10-13)18(24)23-17-9-8-16(11-21-17)22-15-6-4-14(20)5-7-15/h1-11,22H,(H,21,23,24). The minimum Gasteiger partial charge on any atom is -0.354 e. The SMILES string of the molecule is O=C(Nc1ccc(Nc2ccc(F)cc2)cn1)c1cccc(Cl)c1. The van der Waals surface area contributed by atoms with Crippen LogP contribution in [0.25, 0.3) is 0 Å². The number of rotatable bonds is 4. The van der Waals surface area contributed by atoms with Crippen molar-refractivity contribution in [1.82, 2.24) is 4.98 Å². The third-order valence-corrected chi connectivity index (χ3v) is 3.46. The Morgan fingerprint density at radius 3 is 2.42 bits per heavy atom. The largest absolute Gasteiger partial charge is 0.354 e. The molecule has 0 atom stereocenters. The molecule has 2 N–H and O–H groups in total. The monoisotopic (exact) mass is 341 g/mol. The molecule has 3 rings (SSSR count). The summed E-state index contributed by atoms with van der Waals surface area (Å²) < 4.78 is 12.9. The number of nitrogens with one attached hydrogen (secondary N) is 2. The Morgan fingerprint density at radius 1 is 1.00 bits per heavy atom. The number of amides is 1. The predicted octanol–water partition coefficient (Wildman–Crippen LogP) is 4.87. The van der Waals surface area contributed by atoms with Crippen molar-refractivity contribution >= 4 is 34.7 Å². The lowest BCUT2D eigenvalue weighted by Gasteiger charge is -2.08. The molecule has 0 fully saturated rings. The molecule has 1 amide bonds. The van der Waals surface area contributed by atoms with E-state index in [0.717, 1.165) is 11.4 Å². The number of carbonyl (C=O) groups excluding carboxylic acids is 1. The second kappa shape index (κ2) is 7.10. The van der Waals surface area contributed by atoms with Gasteiger partial charge in [0.05, 0.1) is 11.9 Å². The van der Waals surface area contributed by atoms with Crippen molar-refractivity contribution in [3.63, 3.8) is 0 Å². The molecule has 0 saturated carbocycles. The van der Waals surface area contributed by atoms with Gasteiger partial charge in [-0.05, 0) is 54.6 Å². The van der Waals surface area contributed by atoms with Crippen molar-refractivity contribution < 1.29 is 9.18 Å². The Hall–Kier alpha value is -2.92. The van der Waals surface area contributed by atoms with Gasteiger partial charge in [-0.3, -0.25) is 4.79 Å². The van der Waals surface area contributed by atoms with Gasteiger partial charge in [0.1, 0.15) is 11.6 Å². The first kappa shape index (κ1) is 16.0. The van der Waals surface area contributed by atoms with Crippen LogP contribution in [0.4, 0.5) is 21.6 Å². The first-order chi connectivity index (χ1) is 11.6. The number of hydrogen-bond acceptors (Lipinski definition) is 3. The number of carbonyl (C=O) groups is 1. The van der Waals surface area contributed by atoms with E-state index < -0.39 is 0 Å². The topological polar surface area (TPSA) is 54.0 Å². The lowest BCUT2D eigenvalue weighted by molar-refractivity contribution is 0.102. The molecular weight excluding hydrogens is 329 g/mol. The van der Waals surface area contributed by atoms with Crippen LogP contribution >= 0.6 is 11.6 Å². The molecule has 0 spiro atoms. The highest BCUT2D eigenvalue weighted by Gasteiger charge is 2.07. The third-order valence-electron chi connectivity index (χ3n) is 3.22. The van der Waals surface area contributed by atoms with Crippen LogP contribution in [0.5, 0.6) is 0 Å². The van der Waals surface area contributed by atoms with E-state index in [1.54, 1.807) is 54.7 Å². The molecule has 2 aromatic carbocycles. The quantitative estimate of drug-likeness (QED) is 0.711. The fourth-order valence-electron chi connectivity index (χ4n) is 2.06. The van der Waals surface area contributed by atoms with Gasteiger partial charge in [-0.15, -0.1) is 0 Å². The molecule has 6 heteroatoms. The van der Waals surface area contributed by atoms with Crippen LogP contribution in [0, 0.1) is 5.82 Å². The molecule has 0 bridgehead atoms. The van der Waals surface area contributed by atoms with Gasteiger partial charge in [0.15, 0.2) is 0 Å². The van der Waals surface area contributed by atoms with Gasteiger partial charge in [-0.1, -0.05) is 17.7 Å². The molecule has 4 nitrogen and oxygen atoms in total. The molecular formula is C18H13ClFN3O. The first-order valence-corrected chi connectivity index (χ1v) is 7.53. The van der Waals surface area contributed by atoms with E-state index in [-0.39, 0.29) is 11.7 Å². The van der Waals surface area contributed by atoms with Crippen LogP contribution in [0.3, 0.4) is 0 Å². The molecule has 0 radical (unpaired) electrons. The zero-order chi connectivity index (χ0) is 16.9. The van der Waals surface area contributed by atoms with Crippen molar-refractivity contribution in [3.8, 4) is 0 Å². The van der Waals surface area contributed by atoms with Crippen LogP contribution in [-0.4, -0.2) is 10.9 Å². The van der Waals surface area contributed by atoms with Gasteiger partial charge in [0.25, 0.3) is 5.91 Å². The Balaban J connectivity index is 1.66. The highest BCUT2D eigenvalue weighted by Crippen LogP contribution is 2.18. The van der Waals surface area contributed by atoms with Crippen molar-refractivity contribution in [2.45, 2.75) is 0 Å². The zero-order valence-corrected chi connectivity index (χ0v) is 13.2. The van der Waals surface area contributed by atoms with E-state index in [0.29, 0.717) is 16.4 Å². The smallest absolute Gasteiger partial charge is 0.256 e. The first-order valence-electron chi connectivity index (χ1n) is 7.16. The molecule has 0 unspecified atom stereocenters. The molecule has 1 heterocycles. The third kappa shape index (κ3) is 4.08. The summed E-state index contributed by atoms with van der Waals surface area (Å²) in [5.74, 6) is -0.161. The number of hydrogen-bond donors (Lipinski definition) is 2. The average Bonchev–Trinajstić information content (AvgIpc) is 2.59. The summed E-state index contributed by atoms with van der Waals surface area (Å²) in [5, 5.41) is 6.28. The van der Waals surface area contributed by atoms with Gasteiger partial charge >= 0.3 is 0 Å². The number of anilines is 3. The predicted molar refractivity (Wildman–Crippen MR) is 93.3 cm³/mol. The van der Waals surface area contributed by atoms with Crippen LogP contribution in [-0.2, 0) is 0 Å². The average molecular weight is 342 g/mol. The Morgan fingerprint density at radius 2 is 1.75 bits per heavy atom. The van der Waals surface area contributed by atoms with Crippen LogP contribution in [0.2, 0.25) is 5.02 Å². The maximum Gasteiger partial charge on any atom is 0.256 e. The molecule has 0 aliphatic carbocycles. The lowest BCUT2D eigenvalue weighted by atomic mass is 10.2. The fraction of sp³-hybridized carbons (Fsp3) is 0. The maximum atomic E-state index is 12.9. The highest BCUT2D eigenvalue weighted by atomic mass is 35.5. The minimum atomic E-state index is -0.294. The van der Waals surface area contributed by atoms with E-state index in [9.17, 15) is 9.18 Å². The molecule has 24 heavy (non-hydrogen) atoms. The van der Waals surface area contributed by atoms with E-state index in [4.69, 9.17) is 11.6 Å². The number of halogens is 2. The summed E-state index contributed by atoms with van der Waals surface area (Å²) in [6.45, 7) is 0. The molecule has 0 saturated heterocycles. The molecule has 1 aromatic heterocycles. The minimum absolute atomic E-state index is 0.288. The second-order valence-corrected chi connectivity index (χ2v) is 5.46. The number of benzene rings is 2. The summed E-state index contributed by atoms with van der Waals surface area (Å²) in [5.41, 5.74) is 1.93. The van der Waals surface area contributed by atoms with Crippen LogP contribution in [0.1, 0.15) is 10.4 Å². The lowest BCUT2D eigenvalue weighted by Crippen LogP contribution is -2.12. The van der Waals surface area contributed by atoms with Crippen LogP contribution < -0.4 is 10.6 Å². The highest BCUT2D eigenvalue weighted by molar-refractivity contribution is 6.31. The Bertz CT molecular complexity index is 851.